The standard InChI is InChI=1S/C18H26O5/c1-4-5-6-12-14-8-7-11(2)13-9-10-17(3)21-16(20-15(12)19)18(13,14)23-22-17/h4,11-14,16H,1,5-10H2,2-3H3/t11-,12-,13+,14+,16-,17-,18-/m1/s1. The lowest BCUT2D eigenvalue weighted by Gasteiger charge is -2.58. The molecule has 7 atom stereocenters. The Morgan fingerprint density at radius 3 is 2.87 bits per heavy atom. The molecule has 0 amide bonds. The Kier molecular flexibility index (Phi) is 3.59. The number of carbonyl (C=O) groups is 1. The van der Waals surface area contributed by atoms with Crippen molar-refractivity contribution in [3.63, 3.8) is 0 Å². The van der Waals surface area contributed by atoms with Crippen molar-refractivity contribution in [2.45, 2.75) is 70.1 Å². The van der Waals surface area contributed by atoms with E-state index in [9.17, 15) is 4.79 Å². The third-order valence-corrected chi connectivity index (χ3v) is 6.47. The highest BCUT2D eigenvalue weighted by atomic mass is 17.3. The third-order valence-electron chi connectivity index (χ3n) is 6.47. The van der Waals surface area contributed by atoms with Gasteiger partial charge in [-0.25, -0.2) is 9.78 Å². The monoisotopic (exact) mass is 322 g/mol. The van der Waals surface area contributed by atoms with E-state index in [0.29, 0.717) is 11.8 Å². The van der Waals surface area contributed by atoms with Crippen LogP contribution in [0.4, 0.5) is 0 Å². The maximum Gasteiger partial charge on any atom is 0.311 e. The molecule has 5 heteroatoms. The summed E-state index contributed by atoms with van der Waals surface area (Å²) in [4.78, 5) is 24.3. The lowest BCUT2D eigenvalue weighted by molar-refractivity contribution is -0.559. The van der Waals surface area contributed by atoms with Crippen molar-refractivity contribution in [3.05, 3.63) is 12.7 Å². The van der Waals surface area contributed by atoms with Crippen LogP contribution in [-0.4, -0.2) is 23.6 Å². The van der Waals surface area contributed by atoms with Gasteiger partial charge in [0, 0.05) is 18.3 Å². The van der Waals surface area contributed by atoms with Gasteiger partial charge in [-0.2, -0.15) is 0 Å². The zero-order valence-electron chi connectivity index (χ0n) is 14.0. The van der Waals surface area contributed by atoms with Gasteiger partial charge in [0.05, 0.1) is 5.92 Å². The van der Waals surface area contributed by atoms with Crippen LogP contribution in [0.2, 0.25) is 0 Å². The maximum atomic E-state index is 12.6. The summed E-state index contributed by atoms with van der Waals surface area (Å²) in [6.07, 6.45) is 6.58. The molecule has 5 aliphatic rings. The first kappa shape index (κ1) is 15.6. The van der Waals surface area contributed by atoms with E-state index in [2.05, 4.69) is 13.5 Å². The predicted molar refractivity (Wildman–Crippen MR) is 81.8 cm³/mol. The average molecular weight is 322 g/mol. The lowest BCUT2D eigenvalue weighted by atomic mass is 9.57. The number of rotatable bonds is 3. The minimum Gasteiger partial charge on any atom is -0.432 e. The minimum absolute atomic E-state index is 0.0950. The molecule has 1 aliphatic carbocycles. The summed E-state index contributed by atoms with van der Waals surface area (Å²) >= 11 is 0. The van der Waals surface area contributed by atoms with Crippen LogP contribution in [0.25, 0.3) is 0 Å². The zero-order valence-corrected chi connectivity index (χ0v) is 14.0. The van der Waals surface area contributed by atoms with Gasteiger partial charge >= 0.3 is 5.97 Å². The largest absolute Gasteiger partial charge is 0.432 e. The van der Waals surface area contributed by atoms with Gasteiger partial charge in [-0.05, 0) is 44.9 Å². The lowest BCUT2D eigenvalue weighted by Crippen LogP contribution is -2.70. The normalized spacial score (nSPS) is 51.6. The van der Waals surface area contributed by atoms with E-state index in [1.54, 1.807) is 0 Å². The molecule has 5 rings (SSSR count). The fraction of sp³-hybridized carbons (Fsp3) is 0.833. The van der Waals surface area contributed by atoms with Crippen molar-refractivity contribution in [2.75, 3.05) is 0 Å². The molecule has 4 aliphatic heterocycles. The number of hydrogen-bond acceptors (Lipinski definition) is 5. The Bertz CT molecular complexity index is 520. The van der Waals surface area contributed by atoms with Gasteiger partial charge in [-0.3, -0.25) is 4.79 Å². The predicted octanol–water partition coefficient (Wildman–Crippen LogP) is 3.34. The quantitative estimate of drug-likeness (QED) is 0.453. The highest BCUT2D eigenvalue weighted by molar-refractivity contribution is 5.74. The highest BCUT2D eigenvalue weighted by Gasteiger charge is 2.70. The maximum absolute atomic E-state index is 12.6. The van der Waals surface area contributed by atoms with Gasteiger partial charge < -0.3 is 9.47 Å². The van der Waals surface area contributed by atoms with Gasteiger partial charge in [-0.1, -0.05) is 13.0 Å². The molecule has 128 valence electrons. The molecule has 5 nitrogen and oxygen atoms in total. The molecule has 0 aromatic carbocycles. The summed E-state index contributed by atoms with van der Waals surface area (Å²) < 4.78 is 11.8. The second-order valence-electron chi connectivity index (χ2n) is 7.82. The molecule has 2 bridgehead atoms. The molecule has 0 aromatic rings. The number of allylic oxidation sites excluding steroid dienone is 1. The van der Waals surface area contributed by atoms with Gasteiger partial charge in [0.1, 0.15) is 0 Å². The number of esters is 1. The van der Waals surface area contributed by atoms with E-state index >= 15 is 0 Å². The molecule has 0 radical (unpaired) electrons. The second kappa shape index (κ2) is 5.30. The van der Waals surface area contributed by atoms with E-state index < -0.39 is 17.7 Å². The topological polar surface area (TPSA) is 54.0 Å². The molecule has 4 heterocycles. The molecule has 5 fully saturated rings. The Hall–Kier alpha value is -0.910. The van der Waals surface area contributed by atoms with E-state index in [1.807, 2.05) is 13.0 Å². The highest BCUT2D eigenvalue weighted by Crippen LogP contribution is 2.60. The minimum atomic E-state index is -0.814. The number of fused-ring (bicyclic) bond motifs is 2. The summed E-state index contributed by atoms with van der Waals surface area (Å²) in [6.45, 7) is 7.92. The number of carbonyl (C=O) groups excluding carboxylic acids is 1. The van der Waals surface area contributed by atoms with Crippen LogP contribution < -0.4 is 0 Å². The van der Waals surface area contributed by atoms with Crippen molar-refractivity contribution in [3.8, 4) is 0 Å². The molecule has 0 unspecified atom stereocenters. The van der Waals surface area contributed by atoms with E-state index in [0.717, 1.165) is 38.5 Å². The third kappa shape index (κ3) is 2.13. The van der Waals surface area contributed by atoms with Gasteiger partial charge in [0.15, 0.2) is 5.60 Å². The van der Waals surface area contributed by atoms with Crippen LogP contribution in [-0.2, 0) is 24.0 Å². The van der Waals surface area contributed by atoms with Gasteiger partial charge in [0.2, 0.25) is 12.1 Å². The Morgan fingerprint density at radius 2 is 2.09 bits per heavy atom. The molecule has 1 saturated carbocycles. The van der Waals surface area contributed by atoms with Crippen LogP contribution in [0, 0.1) is 23.7 Å². The van der Waals surface area contributed by atoms with Crippen LogP contribution in [0.3, 0.4) is 0 Å². The average Bonchev–Trinajstić information content (AvgIpc) is 2.74. The van der Waals surface area contributed by atoms with Crippen LogP contribution in [0.5, 0.6) is 0 Å². The molecular formula is C18H26O5. The van der Waals surface area contributed by atoms with Crippen molar-refractivity contribution in [1.82, 2.24) is 0 Å². The first-order valence-corrected chi connectivity index (χ1v) is 8.86. The fourth-order valence-electron chi connectivity index (χ4n) is 5.23. The van der Waals surface area contributed by atoms with E-state index in [-0.39, 0.29) is 17.8 Å². The molecule has 0 N–H and O–H groups in total. The number of ether oxygens (including phenoxy) is 2. The first-order chi connectivity index (χ1) is 11.0. The SMILES string of the molecule is C=CCC[C@H]1C(=O)O[C@@H]2O[C@@]3(C)CC[C@H]4[C@H](C)CC[C@@H]1[C@@]24OO3. The smallest absolute Gasteiger partial charge is 0.311 e. The Labute approximate surface area is 137 Å². The summed E-state index contributed by atoms with van der Waals surface area (Å²) in [7, 11) is 0. The molecule has 1 spiro atoms. The van der Waals surface area contributed by atoms with Crippen LogP contribution in [0.15, 0.2) is 12.7 Å². The summed E-state index contributed by atoms with van der Waals surface area (Å²) in [6, 6.07) is 0. The van der Waals surface area contributed by atoms with E-state index in [4.69, 9.17) is 19.2 Å². The molecule has 0 aromatic heterocycles. The Balaban J connectivity index is 1.76. The zero-order chi connectivity index (χ0) is 16.2. The fourth-order valence-corrected chi connectivity index (χ4v) is 5.23. The van der Waals surface area contributed by atoms with Gasteiger partial charge in [0.25, 0.3) is 0 Å². The van der Waals surface area contributed by atoms with Crippen molar-refractivity contribution >= 4 is 5.97 Å². The first-order valence-electron chi connectivity index (χ1n) is 8.86. The van der Waals surface area contributed by atoms with Crippen molar-refractivity contribution in [2.24, 2.45) is 23.7 Å². The molecule has 23 heavy (non-hydrogen) atoms. The summed E-state index contributed by atoms with van der Waals surface area (Å²) in [5.74, 6) is -0.216. The van der Waals surface area contributed by atoms with Crippen molar-refractivity contribution in [1.29, 1.82) is 0 Å². The number of hydrogen-bond donors (Lipinski definition) is 0. The summed E-state index contributed by atoms with van der Waals surface area (Å²) in [5.41, 5.74) is -0.645. The van der Waals surface area contributed by atoms with Crippen LogP contribution >= 0.6 is 0 Å². The van der Waals surface area contributed by atoms with Crippen LogP contribution in [0.1, 0.15) is 52.4 Å². The Morgan fingerprint density at radius 1 is 1.26 bits per heavy atom. The molecular weight excluding hydrogens is 296 g/mol. The molecule has 4 saturated heterocycles. The van der Waals surface area contributed by atoms with Crippen molar-refractivity contribution < 1.29 is 24.0 Å². The van der Waals surface area contributed by atoms with E-state index in [1.165, 1.54) is 0 Å². The second-order valence-corrected chi connectivity index (χ2v) is 7.82. The summed E-state index contributed by atoms with van der Waals surface area (Å²) in [5, 5.41) is 0. The van der Waals surface area contributed by atoms with Gasteiger partial charge in [-0.15, -0.1) is 6.58 Å².